The zero-order valence-corrected chi connectivity index (χ0v) is 9.49. The van der Waals surface area contributed by atoms with E-state index in [1.165, 1.54) is 5.39 Å². The minimum atomic E-state index is -0.244. The van der Waals surface area contributed by atoms with Gasteiger partial charge in [-0.1, -0.05) is 18.2 Å². The summed E-state index contributed by atoms with van der Waals surface area (Å²) in [5.74, 6) is 0. The molecule has 3 rings (SSSR count). The quantitative estimate of drug-likeness (QED) is 0.734. The van der Waals surface area contributed by atoms with E-state index in [1.54, 1.807) is 0 Å². The third-order valence-corrected chi connectivity index (χ3v) is 2.88. The summed E-state index contributed by atoms with van der Waals surface area (Å²) >= 11 is 0. The number of hydrogen-bond donors (Lipinski definition) is 1. The van der Waals surface area contributed by atoms with Gasteiger partial charge in [-0.2, -0.15) is 0 Å². The van der Waals surface area contributed by atoms with Crippen LogP contribution in [-0.4, -0.2) is 24.3 Å². The van der Waals surface area contributed by atoms with Gasteiger partial charge in [0.15, 0.2) is 0 Å². The van der Waals surface area contributed by atoms with E-state index in [0.29, 0.717) is 6.61 Å². The van der Waals surface area contributed by atoms with Crippen molar-refractivity contribution >= 4 is 23.5 Å². The third-order valence-electron chi connectivity index (χ3n) is 2.88. The molecule has 16 heavy (non-hydrogen) atoms. The van der Waals surface area contributed by atoms with E-state index >= 15 is 0 Å². The van der Waals surface area contributed by atoms with Crippen LogP contribution in [0.25, 0.3) is 10.9 Å². The van der Waals surface area contributed by atoms with E-state index in [2.05, 4.69) is 17.1 Å². The van der Waals surface area contributed by atoms with Crippen LogP contribution in [0, 0.1) is 0 Å². The van der Waals surface area contributed by atoms with Gasteiger partial charge in [-0.05, 0) is 25.3 Å². The Morgan fingerprint density at radius 3 is 2.88 bits per heavy atom. The van der Waals surface area contributed by atoms with Gasteiger partial charge < -0.3 is 14.3 Å². The van der Waals surface area contributed by atoms with Crippen molar-refractivity contribution in [3.63, 3.8) is 0 Å². The van der Waals surface area contributed by atoms with Gasteiger partial charge in [-0.25, -0.2) is 0 Å². The molecule has 82 valence electrons. The lowest BCUT2D eigenvalue weighted by atomic mass is 9.79. The van der Waals surface area contributed by atoms with Gasteiger partial charge in [0, 0.05) is 17.2 Å². The average molecular weight is 215 g/mol. The van der Waals surface area contributed by atoms with E-state index in [0.717, 1.165) is 11.0 Å². The van der Waals surface area contributed by atoms with Crippen LogP contribution < -0.4 is 5.46 Å². The predicted octanol–water partition coefficient (Wildman–Crippen LogP) is 1.69. The van der Waals surface area contributed by atoms with E-state index in [4.69, 9.17) is 9.31 Å². The summed E-state index contributed by atoms with van der Waals surface area (Å²) in [4.78, 5) is 3.23. The first-order valence-electron chi connectivity index (χ1n) is 5.51. The zero-order valence-electron chi connectivity index (χ0n) is 9.49. The Morgan fingerprint density at radius 1 is 1.31 bits per heavy atom. The Hall–Kier alpha value is -1.26. The largest absolute Gasteiger partial charge is 0.496 e. The molecule has 4 heteroatoms. The molecule has 2 aromatic rings. The van der Waals surface area contributed by atoms with E-state index < -0.39 is 0 Å². The molecule has 3 nitrogen and oxygen atoms in total. The molecule has 1 aromatic heterocycles. The second-order valence-electron chi connectivity index (χ2n) is 4.81. The molecule has 0 saturated carbocycles. The Kier molecular flexibility index (Phi) is 2.09. The van der Waals surface area contributed by atoms with Gasteiger partial charge in [0.05, 0.1) is 12.2 Å². The number of aromatic amines is 1. The first-order chi connectivity index (χ1) is 7.66. The van der Waals surface area contributed by atoms with Gasteiger partial charge in [0.25, 0.3) is 0 Å². The molecule has 0 bridgehead atoms. The lowest BCUT2D eigenvalue weighted by Crippen LogP contribution is -2.33. The highest BCUT2D eigenvalue weighted by Gasteiger charge is 2.39. The molecule has 1 aromatic carbocycles. The second-order valence-corrected chi connectivity index (χ2v) is 4.81. The molecular weight excluding hydrogens is 201 g/mol. The summed E-state index contributed by atoms with van der Waals surface area (Å²) in [5, 5.41) is 1.17. The van der Waals surface area contributed by atoms with Crippen LogP contribution in [-0.2, 0) is 9.31 Å². The molecule has 2 heterocycles. The van der Waals surface area contributed by atoms with Gasteiger partial charge >= 0.3 is 7.12 Å². The van der Waals surface area contributed by atoms with Crippen LogP contribution in [0.15, 0.2) is 30.5 Å². The van der Waals surface area contributed by atoms with Gasteiger partial charge in [-0.15, -0.1) is 0 Å². The third kappa shape index (κ3) is 1.54. The first kappa shape index (κ1) is 9.93. The topological polar surface area (TPSA) is 34.2 Å². The summed E-state index contributed by atoms with van der Waals surface area (Å²) in [5.41, 5.74) is 2.01. The fourth-order valence-corrected chi connectivity index (χ4v) is 2.08. The van der Waals surface area contributed by atoms with Gasteiger partial charge in [0.2, 0.25) is 0 Å². The van der Waals surface area contributed by atoms with Crippen molar-refractivity contribution in [2.45, 2.75) is 19.4 Å². The molecule has 1 N–H and O–H groups in total. The number of hydrogen-bond acceptors (Lipinski definition) is 2. The van der Waals surface area contributed by atoms with Crippen molar-refractivity contribution in [2.75, 3.05) is 6.61 Å². The lowest BCUT2D eigenvalue weighted by molar-refractivity contribution is 0.137. The Labute approximate surface area is 94.9 Å². The number of fused-ring (bicyclic) bond motifs is 1. The van der Waals surface area contributed by atoms with E-state index in [-0.39, 0.29) is 12.7 Å². The fraction of sp³-hybridized carbons (Fsp3) is 0.333. The second kappa shape index (κ2) is 3.37. The van der Waals surface area contributed by atoms with Crippen LogP contribution >= 0.6 is 0 Å². The summed E-state index contributed by atoms with van der Waals surface area (Å²) in [6, 6.07) is 8.18. The highest BCUT2D eigenvalue weighted by Crippen LogP contribution is 2.21. The molecule has 1 fully saturated rings. The van der Waals surface area contributed by atoms with Crippen LogP contribution in [0.4, 0.5) is 0 Å². The lowest BCUT2D eigenvalue weighted by Gasteiger charge is -2.15. The van der Waals surface area contributed by atoms with E-state index in [9.17, 15) is 0 Å². The highest BCUT2D eigenvalue weighted by atomic mass is 16.7. The van der Waals surface area contributed by atoms with Crippen LogP contribution in [0.3, 0.4) is 0 Å². The standard InChI is InChI=1S/C12H14BNO2/c1-12(2)8-15-13(16-12)10-7-14-11-6-4-3-5-9(10)11/h3-7,14H,8H2,1-2H3. The fourth-order valence-electron chi connectivity index (χ4n) is 2.08. The molecule has 0 atom stereocenters. The molecule has 0 unspecified atom stereocenters. The number of benzene rings is 1. The monoisotopic (exact) mass is 215 g/mol. The van der Waals surface area contributed by atoms with Crippen LogP contribution in [0.2, 0.25) is 0 Å². The van der Waals surface area contributed by atoms with Crippen molar-refractivity contribution in [1.82, 2.24) is 4.98 Å². The summed E-state index contributed by atoms with van der Waals surface area (Å²) in [6.07, 6.45) is 1.97. The van der Waals surface area contributed by atoms with Crippen molar-refractivity contribution in [3.05, 3.63) is 30.5 Å². The number of H-pyrrole nitrogens is 1. The molecule has 1 aliphatic rings. The molecule has 1 aliphatic heterocycles. The number of para-hydroxylation sites is 1. The Balaban J connectivity index is 2.01. The molecular formula is C12H14BNO2. The maximum Gasteiger partial charge on any atom is 0.496 e. The smallest absolute Gasteiger partial charge is 0.404 e. The maximum atomic E-state index is 5.86. The minimum absolute atomic E-state index is 0.191. The molecule has 0 spiro atoms. The molecule has 0 aliphatic carbocycles. The molecule has 0 radical (unpaired) electrons. The zero-order chi connectivity index (χ0) is 11.2. The van der Waals surface area contributed by atoms with Crippen LogP contribution in [0.1, 0.15) is 13.8 Å². The van der Waals surface area contributed by atoms with Crippen LogP contribution in [0.5, 0.6) is 0 Å². The van der Waals surface area contributed by atoms with Crippen molar-refractivity contribution in [1.29, 1.82) is 0 Å². The molecule has 0 amide bonds. The van der Waals surface area contributed by atoms with Crippen molar-refractivity contribution in [3.8, 4) is 0 Å². The SMILES string of the molecule is CC1(C)COB(c2c[nH]c3ccccc23)O1. The van der Waals surface area contributed by atoms with Crippen molar-refractivity contribution in [2.24, 2.45) is 0 Å². The van der Waals surface area contributed by atoms with Crippen molar-refractivity contribution < 1.29 is 9.31 Å². The highest BCUT2D eigenvalue weighted by molar-refractivity contribution is 6.65. The van der Waals surface area contributed by atoms with Gasteiger partial charge in [-0.3, -0.25) is 0 Å². The summed E-state index contributed by atoms with van der Waals surface area (Å²) in [6.45, 7) is 4.72. The molecule has 1 saturated heterocycles. The normalized spacial score (nSPS) is 19.5. The summed E-state index contributed by atoms with van der Waals surface area (Å²) in [7, 11) is -0.244. The predicted molar refractivity (Wildman–Crippen MR) is 64.8 cm³/mol. The van der Waals surface area contributed by atoms with E-state index in [1.807, 2.05) is 32.2 Å². The number of nitrogens with one attached hydrogen (secondary N) is 1. The Bertz CT molecular complexity index is 520. The van der Waals surface area contributed by atoms with Gasteiger partial charge in [0.1, 0.15) is 0 Å². The first-order valence-corrected chi connectivity index (χ1v) is 5.51. The number of aromatic nitrogens is 1. The number of rotatable bonds is 1. The average Bonchev–Trinajstić information content (AvgIpc) is 2.81. The Morgan fingerprint density at radius 2 is 2.12 bits per heavy atom. The minimum Gasteiger partial charge on any atom is -0.404 e. The summed E-state index contributed by atoms with van der Waals surface area (Å²) < 4.78 is 11.5. The maximum absolute atomic E-state index is 5.86.